The Labute approximate surface area is 404 Å². The van der Waals surface area contributed by atoms with Gasteiger partial charge in [0, 0.05) is 35.2 Å². The summed E-state index contributed by atoms with van der Waals surface area (Å²) in [6.07, 6.45) is 6.18. The fraction of sp³-hybridized carbons (Fsp3) is 0.423. The van der Waals surface area contributed by atoms with Crippen molar-refractivity contribution < 1.29 is 42.5 Å². The summed E-state index contributed by atoms with van der Waals surface area (Å²) in [5.74, 6) is 1.14. The molecular weight excluding hydrogens is 898 g/mol. The molecule has 0 bridgehead atoms. The van der Waals surface area contributed by atoms with Gasteiger partial charge in [0.1, 0.15) is 41.0 Å². The highest BCUT2D eigenvalue weighted by Crippen LogP contribution is 2.48. The number of nitrogens with zero attached hydrogens (tertiary/aromatic N) is 5. The van der Waals surface area contributed by atoms with Crippen LogP contribution < -0.4 is 20.1 Å². The number of carbonyl (C=O) groups is 4. The zero-order chi connectivity index (χ0) is 49.0. The van der Waals surface area contributed by atoms with E-state index in [1.165, 1.54) is 20.3 Å². The van der Waals surface area contributed by atoms with Crippen LogP contribution in [0.15, 0.2) is 67.0 Å². The molecule has 1 unspecified atom stereocenters. The zero-order valence-corrected chi connectivity index (χ0v) is 40.1. The number of imidazole rings is 2. The van der Waals surface area contributed by atoms with E-state index in [9.17, 15) is 19.2 Å². The number of methoxy groups -OCH3 is 2. The van der Waals surface area contributed by atoms with Gasteiger partial charge in [0.05, 0.1) is 73.5 Å². The van der Waals surface area contributed by atoms with Gasteiger partial charge in [-0.1, -0.05) is 45.9 Å². The maximum Gasteiger partial charge on any atom is 0.407 e. The first-order chi connectivity index (χ1) is 33.8. The first kappa shape index (κ1) is 46.4. The molecule has 4 aliphatic heterocycles. The fourth-order valence-corrected chi connectivity index (χ4v) is 10.5. The number of H-pyrrole nitrogens is 2. The summed E-state index contributed by atoms with van der Waals surface area (Å²) in [6, 6.07) is 15.3. The summed E-state index contributed by atoms with van der Waals surface area (Å²) >= 11 is 0. The Morgan fingerprint density at radius 1 is 0.743 bits per heavy atom. The van der Waals surface area contributed by atoms with Crippen molar-refractivity contribution in [2.75, 3.05) is 33.9 Å². The topological polar surface area (TPSA) is 198 Å². The Bertz CT molecular complexity index is 3000. The molecule has 3 aromatic heterocycles. The van der Waals surface area contributed by atoms with Crippen molar-refractivity contribution in [1.82, 2.24) is 44.9 Å². The van der Waals surface area contributed by atoms with Crippen molar-refractivity contribution in [2.24, 2.45) is 11.8 Å². The summed E-state index contributed by atoms with van der Waals surface area (Å²) in [6.45, 7) is 9.17. The van der Waals surface area contributed by atoms with Crippen molar-refractivity contribution >= 4 is 34.9 Å². The third kappa shape index (κ3) is 8.46. The van der Waals surface area contributed by atoms with Crippen molar-refractivity contribution in [2.45, 2.75) is 96.6 Å². The number of amides is 4. The Balaban J connectivity index is 0.981. The van der Waals surface area contributed by atoms with Gasteiger partial charge in [0.15, 0.2) is 0 Å². The standard InChI is InChI=1S/C52H58FN9O8/c1-27(2)44(58-51(65)67-5)48(63)60-17-7-11-38(60)46-54-25-35(56-46)30-15-16-37-33(20-30)22-40-43-34(53)21-32(24-42(43)70-50(62(37)40)31-14-13-29-10-9-19-69-41(29)23-31)36-26-55-47(57-36)39-12-8-18-61(39)49(64)45(28(3)4)59-52(66)68-6/h13-16,20-28,38-39,44-45,50H,7-12,17-19H2,1-6H3,(H,54,56)(H,55,57)(H,58,65)(H,59,66)/t38-,39-,44-,45-,50?/m0/s1. The number of hydrogen-bond acceptors (Lipinski definition) is 10. The molecule has 2 saturated heterocycles. The lowest BCUT2D eigenvalue weighted by Crippen LogP contribution is -2.51. The first-order valence-corrected chi connectivity index (χ1v) is 24.1. The number of likely N-dealkylation sites (tertiary alicyclic amines) is 2. The van der Waals surface area contributed by atoms with Crippen LogP contribution in [0.4, 0.5) is 14.0 Å². The highest BCUT2D eigenvalue weighted by atomic mass is 19.1. The average Bonchev–Trinajstić information content (AvgIpc) is 4.23. The van der Waals surface area contributed by atoms with Crippen LogP contribution in [-0.4, -0.2) is 104 Å². The third-order valence-electron chi connectivity index (χ3n) is 14.1. The van der Waals surface area contributed by atoms with Gasteiger partial charge in [-0.2, -0.15) is 0 Å². The molecule has 0 radical (unpaired) electrons. The zero-order valence-electron chi connectivity index (χ0n) is 40.1. The third-order valence-corrected chi connectivity index (χ3v) is 14.1. The number of nitrogens with one attached hydrogen (secondary N) is 4. The summed E-state index contributed by atoms with van der Waals surface area (Å²) in [5.41, 5.74) is 6.43. The van der Waals surface area contributed by atoms with Gasteiger partial charge in [0.2, 0.25) is 18.0 Å². The van der Waals surface area contributed by atoms with Crippen molar-refractivity contribution in [3.63, 3.8) is 0 Å². The minimum atomic E-state index is -0.779. The SMILES string of the molecule is COC(=O)N[C@H](C(=O)N1CCC[C@H]1c1ncc(-c2cc(F)c3c(c2)OC(c2ccc4c(c2)OCCC4)n2c-3cc3cc(-c4cnc([C@@H]5CCCN5C(=O)[C@@H](NC(=O)OC)C(C)C)[nH]4)ccc32)[nH]1)C(C)C. The van der Waals surface area contributed by atoms with E-state index in [2.05, 4.69) is 26.7 Å². The number of halogens is 1. The van der Waals surface area contributed by atoms with E-state index >= 15 is 4.39 Å². The minimum absolute atomic E-state index is 0.158. The van der Waals surface area contributed by atoms with Crippen molar-refractivity contribution in [1.29, 1.82) is 0 Å². The maximum absolute atomic E-state index is 17.0. The number of rotatable bonds is 11. The van der Waals surface area contributed by atoms with E-state index in [0.717, 1.165) is 64.7 Å². The second kappa shape index (κ2) is 18.8. The normalized spacial score (nSPS) is 19.2. The molecule has 18 heteroatoms. The van der Waals surface area contributed by atoms with Crippen molar-refractivity contribution in [3.8, 4) is 45.3 Å². The van der Waals surface area contributed by atoms with E-state index in [4.69, 9.17) is 28.9 Å². The van der Waals surface area contributed by atoms with Crippen LogP contribution >= 0.6 is 0 Å². The number of fused-ring (bicyclic) bond motifs is 6. The van der Waals surface area contributed by atoms with Crippen LogP contribution in [0.1, 0.15) is 101 Å². The predicted molar refractivity (Wildman–Crippen MR) is 257 cm³/mol. The molecule has 2 fully saturated rings. The lowest BCUT2D eigenvalue weighted by Gasteiger charge is -2.31. The molecule has 70 heavy (non-hydrogen) atoms. The highest BCUT2D eigenvalue weighted by molar-refractivity contribution is 5.93. The molecule has 4 aliphatic rings. The molecule has 4 N–H and O–H groups in total. The van der Waals surface area contributed by atoms with E-state index in [0.29, 0.717) is 72.5 Å². The predicted octanol–water partition coefficient (Wildman–Crippen LogP) is 8.58. The Hall–Kier alpha value is -7.37. The quantitative estimate of drug-likeness (QED) is 0.0976. The van der Waals surface area contributed by atoms with Gasteiger partial charge in [0.25, 0.3) is 0 Å². The van der Waals surface area contributed by atoms with Gasteiger partial charge in [-0.25, -0.2) is 23.9 Å². The van der Waals surface area contributed by atoms with Crippen LogP contribution in [0.5, 0.6) is 11.5 Å². The lowest BCUT2D eigenvalue weighted by atomic mass is 10.0. The monoisotopic (exact) mass is 955 g/mol. The van der Waals surface area contributed by atoms with E-state index < -0.39 is 36.3 Å². The second-order valence-corrected chi connectivity index (χ2v) is 19.3. The summed E-state index contributed by atoms with van der Waals surface area (Å²) < 4.78 is 41.7. The molecule has 3 aromatic carbocycles. The molecule has 4 amide bonds. The Morgan fingerprint density at radius 2 is 1.36 bits per heavy atom. The average molecular weight is 956 g/mol. The van der Waals surface area contributed by atoms with Gasteiger partial charge >= 0.3 is 12.2 Å². The lowest BCUT2D eigenvalue weighted by molar-refractivity contribution is -0.136. The summed E-state index contributed by atoms with van der Waals surface area (Å²) in [5, 5.41) is 6.25. The Morgan fingerprint density at radius 3 is 1.96 bits per heavy atom. The molecule has 0 spiro atoms. The van der Waals surface area contributed by atoms with Crippen LogP contribution in [-0.2, 0) is 25.5 Å². The fourth-order valence-electron chi connectivity index (χ4n) is 10.5. The number of aromatic nitrogens is 5. The Kier molecular flexibility index (Phi) is 12.5. The molecular formula is C52H58FN9O8. The number of aryl methyl sites for hydroxylation is 1. The molecule has 7 heterocycles. The number of benzene rings is 3. The molecule has 10 rings (SSSR count). The van der Waals surface area contributed by atoms with E-state index in [1.54, 1.807) is 22.2 Å². The number of ether oxygens (including phenoxy) is 4. The van der Waals surface area contributed by atoms with Gasteiger partial charge in [-0.3, -0.25) is 9.59 Å². The molecule has 5 atom stereocenters. The summed E-state index contributed by atoms with van der Waals surface area (Å²) in [4.78, 5) is 71.8. The van der Waals surface area contributed by atoms with Crippen LogP contribution in [0.25, 0.3) is 44.7 Å². The van der Waals surface area contributed by atoms with Gasteiger partial charge in [-0.05, 0) is 92.3 Å². The largest absolute Gasteiger partial charge is 0.493 e. The molecule has 6 aromatic rings. The first-order valence-electron chi connectivity index (χ1n) is 24.1. The van der Waals surface area contributed by atoms with E-state index in [-0.39, 0.29) is 35.7 Å². The molecule has 366 valence electrons. The smallest absolute Gasteiger partial charge is 0.407 e. The molecule has 0 saturated carbocycles. The van der Waals surface area contributed by atoms with E-state index in [1.807, 2.05) is 74.7 Å². The number of alkyl carbamates (subject to hydrolysis) is 2. The van der Waals surface area contributed by atoms with Gasteiger partial charge in [-0.15, -0.1) is 0 Å². The molecule has 17 nitrogen and oxygen atoms in total. The maximum atomic E-state index is 17.0. The number of hydrogen-bond donors (Lipinski definition) is 4. The summed E-state index contributed by atoms with van der Waals surface area (Å²) in [7, 11) is 2.54. The van der Waals surface area contributed by atoms with Crippen LogP contribution in [0.2, 0.25) is 0 Å². The van der Waals surface area contributed by atoms with Crippen molar-refractivity contribution in [3.05, 3.63) is 95.6 Å². The highest BCUT2D eigenvalue weighted by Gasteiger charge is 2.40. The van der Waals surface area contributed by atoms with Crippen LogP contribution in [0.3, 0.4) is 0 Å². The van der Waals surface area contributed by atoms with Gasteiger partial charge < -0.3 is 53.9 Å². The number of aromatic amines is 2. The molecule has 0 aliphatic carbocycles. The van der Waals surface area contributed by atoms with Crippen LogP contribution in [0, 0.1) is 17.7 Å². The second-order valence-electron chi connectivity index (χ2n) is 19.3. The number of carbonyl (C=O) groups excluding carboxylic acids is 4. The minimum Gasteiger partial charge on any atom is -0.493 e.